The number of benzene rings is 3. The second kappa shape index (κ2) is 12.2. The molecule has 1 aliphatic carbocycles. The number of hydrogen-bond acceptors (Lipinski definition) is 5. The van der Waals surface area contributed by atoms with Crippen molar-refractivity contribution in [1.82, 2.24) is 9.62 Å². The van der Waals surface area contributed by atoms with Gasteiger partial charge in [0.15, 0.2) is 0 Å². The summed E-state index contributed by atoms with van der Waals surface area (Å²) >= 11 is 0. The van der Waals surface area contributed by atoms with Gasteiger partial charge in [0.05, 0.1) is 22.1 Å². The van der Waals surface area contributed by atoms with E-state index in [0.29, 0.717) is 12.0 Å². The van der Waals surface area contributed by atoms with Crippen LogP contribution in [0.15, 0.2) is 71.6 Å². The average Bonchev–Trinajstić information content (AvgIpc) is 3.32. The molecule has 226 valence electrons. The van der Waals surface area contributed by atoms with Crippen LogP contribution < -0.4 is 5.32 Å². The van der Waals surface area contributed by atoms with Gasteiger partial charge >= 0.3 is 12.1 Å². The summed E-state index contributed by atoms with van der Waals surface area (Å²) < 4.78 is 68.8. The van der Waals surface area contributed by atoms with E-state index in [0.717, 1.165) is 35.7 Å². The van der Waals surface area contributed by atoms with Crippen molar-refractivity contribution in [2.45, 2.75) is 55.8 Å². The van der Waals surface area contributed by atoms with Crippen molar-refractivity contribution in [2.75, 3.05) is 20.1 Å². The van der Waals surface area contributed by atoms with Crippen molar-refractivity contribution in [1.29, 1.82) is 0 Å². The van der Waals surface area contributed by atoms with E-state index in [2.05, 4.69) is 17.4 Å². The van der Waals surface area contributed by atoms with Crippen molar-refractivity contribution < 1.29 is 36.6 Å². The zero-order chi connectivity index (χ0) is 30.9. The highest BCUT2D eigenvalue weighted by Crippen LogP contribution is 2.36. The van der Waals surface area contributed by atoms with Crippen molar-refractivity contribution >= 4 is 16.0 Å². The molecule has 42 heavy (non-hydrogen) atoms. The first-order valence-corrected chi connectivity index (χ1v) is 15.0. The lowest BCUT2D eigenvalue weighted by molar-refractivity contribution is -0.137. The maximum atomic E-state index is 13.8. The van der Waals surface area contributed by atoms with Gasteiger partial charge < -0.3 is 15.5 Å². The zero-order valence-electron chi connectivity index (χ0n) is 23.6. The molecule has 1 unspecified atom stereocenters. The minimum absolute atomic E-state index is 0.0857. The van der Waals surface area contributed by atoms with Crippen LogP contribution in [0.1, 0.15) is 47.3 Å². The molecule has 0 heterocycles. The highest BCUT2D eigenvalue weighted by Gasteiger charge is 2.34. The molecule has 0 aliphatic heterocycles. The first-order valence-electron chi connectivity index (χ1n) is 13.6. The number of aliphatic hydroxyl groups excluding tert-OH is 1. The molecule has 3 aromatic carbocycles. The summed E-state index contributed by atoms with van der Waals surface area (Å²) in [5.41, 5.74) is 1.03. The summed E-state index contributed by atoms with van der Waals surface area (Å²) in [7, 11) is -3.25. The van der Waals surface area contributed by atoms with Crippen molar-refractivity contribution in [3.63, 3.8) is 0 Å². The smallest absolute Gasteiger partial charge is 0.416 e. The quantitative estimate of drug-likeness (QED) is 0.277. The number of carboxylic acids is 1. The lowest BCUT2D eigenvalue weighted by Crippen LogP contribution is -2.47. The Morgan fingerprint density at radius 2 is 1.64 bits per heavy atom. The molecular formula is C31H35F3N2O5S. The van der Waals surface area contributed by atoms with Crippen LogP contribution in [0.25, 0.3) is 11.1 Å². The molecule has 0 radical (unpaired) electrons. The van der Waals surface area contributed by atoms with Crippen LogP contribution in [0.5, 0.6) is 0 Å². The fourth-order valence-electron chi connectivity index (χ4n) is 5.53. The predicted molar refractivity (Wildman–Crippen MR) is 154 cm³/mol. The molecule has 1 atom stereocenters. The number of halogens is 3. The van der Waals surface area contributed by atoms with Crippen molar-refractivity contribution in [3.05, 3.63) is 89.0 Å². The number of nitrogens with zero attached hydrogens (tertiary/aromatic N) is 1. The van der Waals surface area contributed by atoms with Crippen molar-refractivity contribution in [2.24, 2.45) is 5.92 Å². The number of β-amino-alcohol motifs (C(OH)–C–C–N with tert-alkyl or cyclic N) is 1. The predicted octanol–water partition coefficient (Wildman–Crippen LogP) is 5.23. The number of aliphatic hydroxyl groups is 1. The number of hydrogen-bond donors (Lipinski definition) is 3. The maximum Gasteiger partial charge on any atom is 0.416 e. The Bertz CT molecular complexity index is 1530. The van der Waals surface area contributed by atoms with Gasteiger partial charge in [-0.25, -0.2) is 13.2 Å². The molecule has 4 rings (SSSR count). The van der Waals surface area contributed by atoms with Crippen LogP contribution in [0.3, 0.4) is 0 Å². The molecule has 0 amide bonds. The number of sulfonamides is 1. The fraction of sp³-hybridized carbons (Fsp3) is 0.387. The summed E-state index contributed by atoms with van der Waals surface area (Å²) in [6.07, 6.45) is -3.17. The highest BCUT2D eigenvalue weighted by atomic mass is 32.2. The van der Waals surface area contributed by atoms with Gasteiger partial charge in [0.25, 0.3) is 0 Å². The minimum atomic E-state index is -4.85. The highest BCUT2D eigenvalue weighted by molar-refractivity contribution is 7.89. The van der Waals surface area contributed by atoms with Gasteiger partial charge in [-0.05, 0) is 91.6 Å². The molecule has 0 spiro atoms. The largest absolute Gasteiger partial charge is 0.478 e. The van der Waals surface area contributed by atoms with E-state index in [1.54, 1.807) is 0 Å². The van der Waals surface area contributed by atoms with Crippen LogP contribution in [-0.4, -0.2) is 60.7 Å². The third-order valence-corrected chi connectivity index (χ3v) is 9.40. The van der Waals surface area contributed by atoms with E-state index < -0.39 is 38.7 Å². The fourth-order valence-corrected chi connectivity index (χ4v) is 6.81. The van der Waals surface area contributed by atoms with Crippen LogP contribution in [0.4, 0.5) is 13.2 Å². The Labute approximate surface area is 244 Å². The number of aromatic carboxylic acids is 1. The molecule has 0 aromatic heterocycles. The maximum absolute atomic E-state index is 13.8. The zero-order valence-corrected chi connectivity index (χ0v) is 24.5. The van der Waals surface area contributed by atoms with E-state index in [-0.39, 0.29) is 35.3 Å². The Kier molecular flexibility index (Phi) is 9.17. The SMILES string of the molecule is CN(CC(O)CNC(C)(C)CC1Cc2ccccc2C1)S(=O)(=O)c1cc(-c2cccc(C(=O)O)c2)cc(C(F)(F)F)c1. The molecule has 0 fully saturated rings. The molecule has 3 N–H and O–H groups in total. The standard InChI is InChI=1S/C31H35F3N2O5S/c1-30(2,17-20-11-21-7-4-5-8-22(21)12-20)35-18-27(37)19-36(3)42(40,41)28-15-25(14-26(16-28)31(32,33)34)23-9-6-10-24(13-23)29(38)39/h4-10,13-16,20,27,35,37H,11-12,17-19H2,1-3H3,(H,38,39). The second-order valence-electron chi connectivity index (χ2n) is 11.6. The topological polar surface area (TPSA) is 107 Å². The minimum Gasteiger partial charge on any atom is -0.478 e. The van der Waals surface area contributed by atoms with E-state index >= 15 is 0 Å². The number of nitrogens with one attached hydrogen (secondary N) is 1. The lowest BCUT2D eigenvalue weighted by atomic mass is 9.88. The first kappa shape index (κ1) is 31.7. The molecule has 3 aromatic rings. The summed E-state index contributed by atoms with van der Waals surface area (Å²) in [6.45, 7) is 3.78. The van der Waals surface area contributed by atoms with Crippen LogP contribution >= 0.6 is 0 Å². The van der Waals surface area contributed by atoms with Crippen LogP contribution in [0.2, 0.25) is 0 Å². The van der Waals surface area contributed by atoms with Gasteiger partial charge in [-0.3, -0.25) is 0 Å². The monoisotopic (exact) mass is 604 g/mol. The van der Waals surface area contributed by atoms with Gasteiger partial charge in [0, 0.05) is 25.7 Å². The van der Waals surface area contributed by atoms with E-state index in [1.807, 2.05) is 26.0 Å². The Morgan fingerprint density at radius 3 is 2.24 bits per heavy atom. The molecule has 0 saturated carbocycles. The van der Waals surface area contributed by atoms with Crippen LogP contribution in [-0.2, 0) is 29.0 Å². The van der Waals surface area contributed by atoms with Gasteiger partial charge in [0.1, 0.15) is 0 Å². The third kappa shape index (κ3) is 7.57. The van der Waals surface area contributed by atoms with Gasteiger partial charge in [-0.1, -0.05) is 36.4 Å². The number of rotatable bonds is 11. The molecule has 11 heteroatoms. The normalized spacial score (nSPS) is 15.1. The second-order valence-corrected chi connectivity index (χ2v) is 13.6. The Hall–Kier alpha value is -3.25. The van der Waals surface area contributed by atoms with Gasteiger partial charge in [0.2, 0.25) is 10.0 Å². The van der Waals surface area contributed by atoms with Gasteiger partial charge in [-0.2, -0.15) is 17.5 Å². The Balaban J connectivity index is 1.46. The number of carboxylic acid groups (broad SMARTS) is 1. The van der Waals surface area contributed by atoms with E-state index in [4.69, 9.17) is 0 Å². The number of fused-ring (bicyclic) bond motifs is 1. The first-order chi connectivity index (χ1) is 19.5. The Morgan fingerprint density at radius 1 is 1.00 bits per heavy atom. The van der Waals surface area contributed by atoms with E-state index in [9.17, 15) is 36.6 Å². The average molecular weight is 605 g/mol. The summed E-state index contributed by atoms with van der Waals surface area (Å²) in [5.74, 6) is -0.827. The number of likely N-dealkylation sites (N-methyl/N-ethyl adjacent to an activating group) is 1. The van der Waals surface area contributed by atoms with Gasteiger partial charge in [-0.15, -0.1) is 0 Å². The van der Waals surface area contributed by atoms with E-state index in [1.165, 1.54) is 42.4 Å². The molecule has 1 aliphatic rings. The third-order valence-electron chi connectivity index (χ3n) is 7.60. The lowest BCUT2D eigenvalue weighted by Gasteiger charge is -2.31. The number of alkyl halides is 3. The van der Waals surface area contributed by atoms with Crippen LogP contribution in [0, 0.1) is 5.92 Å². The summed E-state index contributed by atoms with van der Waals surface area (Å²) in [5, 5.41) is 23.3. The van der Waals surface area contributed by atoms with Crippen molar-refractivity contribution in [3.8, 4) is 11.1 Å². The summed E-state index contributed by atoms with van der Waals surface area (Å²) in [6, 6.07) is 16.0. The number of carbonyl (C=O) groups is 1. The molecule has 7 nitrogen and oxygen atoms in total. The molecule has 0 saturated heterocycles. The summed E-state index contributed by atoms with van der Waals surface area (Å²) in [4.78, 5) is 10.8. The molecule has 0 bridgehead atoms. The molecular weight excluding hydrogens is 569 g/mol.